The lowest BCUT2D eigenvalue weighted by atomic mass is 9.74. The molecule has 2 fully saturated rings. The van der Waals surface area contributed by atoms with E-state index in [0.29, 0.717) is 38.3 Å². The van der Waals surface area contributed by atoms with Gasteiger partial charge >= 0.3 is 0 Å². The fraction of sp³-hybridized carbons (Fsp3) is 0.476. The van der Waals surface area contributed by atoms with Crippen molar-refractivity contribution in [3.63, 3.8) is 0 Å². The Labute approximate surface area is 184 Å². The molecule has 1 aromatic carbocycles. The van der Waals surface area contributed by atoms with Gasteiger partial charge in [0.2, 0.25) is 5.95 Å². The minimum atomic E-state index is -0.160. The van der Waals surface area contributed by atoms with Crippen LogP contribution < -0.4 is 16.2 Å². The summed E-state index contributed by atoms with van der Waals surface area (Å²) in [6, 6.07) is 5.60. The smallest absolute Gasteiger partial charge is 0.266 e. The molecule has 1 aliphatic carbocycles. The van der Waals surface area contributed by atoms with E-state index in [9.17, 15) is 4.79 Å². The van der Waals surface area contributed by atoms with Gasteiger partial charge in [0, 0.05) is 31.7 Å². The molecule has 0 bridgehead atoms. The van der Waals surface area contributed by atoms with E-state index in [0.717, 1.165) is 32.4 Å². The minimum Gasteiger partial charge on any atom is -0.342 e. The number of benzene rings is 1. The number of piperidine rings is 1. The number of rotatable bonds is 2. The normalized spacial score (nSPS) is 21.1. The second kappa shape index (κ2) is 7.25. The van der Waals surface area contributed by atoms with Gasteiger partial charge in [-0.3, -0.25) is 14.5 Å². The SMILES string of the molecule is Cn1c(N2CCC3(CCCC3N)CC2)nc2n[nH]c(-c3cccc(Cl)c3Cl)c2c1=O. The number of hydrogen-bond acceptors (Lipinski definition) is 5. The van der Waals surface area contributed by atoms with Crippen LogP contribution in [0.2, 0.25) is 10.0 Å². The van der Waals surface area contributed by atoms with Crippen LogP contribution in [0, 0.1) is 5.41 Å². The summed E-state index contributed by atoms with van der Waals surface area (Å²) in [6.07, 6.45) is 5.60. The fourth-order valence-corrected chi connectivity index (χ4v) is 5.55. The molecule has 30 heavy (non-hydrogen) atoms. The molecule has 1 saturated heterocycles. The van der Waals surface area contributed by atoms with E-state index < -0.39 is 0 Å². The quantitative estimate of drug-likeness (QED) is 0.625. The van der Waals surface area contributed by atoms with Gasteiger partial charge in [-0.1, -0.05) is 41.8 Å². The van der Waals surface area contributed by atoms with Crippen molar-refractivity contribution < 1.29 is 0 Å². The van der Waals surface area contributed by atoms with Crippen LogP contribution in [-0.2, 0) is 7.05 Å². The second-order valence-corrected chi connectivity index (χ2v) is 9.31. The van der Waals surface area contributed by atoms with Gasteiger partial charge in [0.25, 0.3) is 5.56 Å². The zero-order valence-electron chi connectivity index (χ0n) is 16.8. The third kappa shape index (κ3) is 2.94. The van der Waals surface area contributed by atoms with Crippen molar-refractivity contribution in [2.24, 2.45) is 18.2 Å². The molecule has 0 radical (unpaired) electrons. The summed E-state index contributed by atoms with van der Waals surface area (Å²) >= 11 is 12.5. The molecular formula is C21H24Cl2N6O. The largest absolute Gasteiger partial charge is 0.342 e. The Morgan fingerprint density at radius 3 is 2.70 bits per heavy atom. The highest BCUT2D eigenvalue weighted by molar-refractivity contribution is 6.43. The van der Waals surface area contributed by atoms with Gasteiger partial charge in [-0.05, 0) is 37.2 Å². The van der Waals surface area contributed by atoms with Crippen LogP contribution in [-0.4, -0.2) is 38.9 Å². The zero-order valence-corrected chi connectivity index (χ0v) is 18.3. The van der Waals surface area contributed by atoms with Crippen molar-refractivity contribution in [1.82, 2.24) is 19.7 Å². The second-order valence-electron chi connectivity index (χ2n) is 8.52. The van der Waals surface area contributed by atoms with E-state index in [1.165, 1.54) is 12.8 Å². The van der Waals surface area contributed by atoms with Gasteiger partial charge in [0.1, 0.15) is 5.39 Å². The Balaban J connectivity index is 1.53. The van der Waals surface area contributed by atoms with E-state index in [1.54, 1.807) is 23.7 Å². The lowest BCUT2D eigenvalue weighted by molar-refractivity contribution is 0.196. The highest BCUT2D eigenvalue weighted by Gasteiger charge is 2.43. The highest BCUT2D eigenvalue weighted by Crippen LogP contribution is 2.46. The van der Waals surface area contributed by atoms with Crippen molar-refractivity contribution in [3.05, 3.63) is 38.6 Å². The van der Waals surface area contributed by atoms with E-state index in [2.05, 4.69) is 15.1 Å². The third-order valence-electron chi connectivity index (χ3n) is 7.01. The van der Waals surface area contributed by atoms with E-state index in [4.69, 9.17) is 33.9 Å². The molecule has 5 rings (SSSR count). The van der Waals surface area contributed by atoms with Gasteiger partial charge in [-0.2, -0.15) is 10.1 Å². The predicted octanol–water partition coefficient (Wildman–Crippen LogP) is 3.73. The first-order valence-corrected chi connectivity index (χ1v) is 11.1. The number of aromatic amines is 1. The van der Waals surface area contributed by atoms with E-state index in [1.807, 2.05) is 6.07 Å². The molecule has 1 aliphatic heterocycles. The molecular weight excluding hydrogens is 423 g/mol. The Hall–Kier alpha value is -2.09. The maximum atomic E-state index is 13.3. The predicted molar refractivity (Wildman–Crippen MR) is 120 cm³/mol. The number of fused-ring (bicyclic) bond motifs is 1. The molecule has 1 spiro atoms. The maximum Gasteiger partial charge on any atom is 0.266 e. The summed E-state index contributed by atoms with van der Waals surface area (Å²) in [6.45, 7) is 1.69. The average molecular weight is 447 g/mol. The summed E-state index contributed by atoms with van der Waals surface area (Å²) in [5.74, 6) is 0.643. The Bertz CT molecular complexity index is 1180. The molecule has 3 heterocycles. The van der Waals surface area contributed by atoms with Gasteiger partial charge in [-0.15, -0.1) is 0 Å². The average Bonchev–Trinajstić information content (AvgIpc) is 3.32. The van der Waals surface area contributed by atoms with E-state index >= 15 is 0 Å². The minimum absolute atomic E-state index is 0.160. The van der Waals surface area contributed by atoms with Crippen LogP contribution in [0.25, 0.3) is 22.3 Å². The highest BCUT2D eigenvalue weighted by atomic mass is 35.5. The summed E-state index contributed by atoms with van der Waals surface area (Å²) in [5.41, 5.74) is 8.06. The summed E-state index contributed by atoms with van der Waals surface area (Å²) < 4.78 is 1.60. The third-order valence-corrected chi connectivity index (χ3v) is 7.83. The molecule has 1 saturated carbocycles. The molecule has 3 N–H and O–H groups in total. The van der Waals surface area contributed by atoms with Crippen LogP contribution >= 0.6 is 23.2 Å². The Morgan fingerprint density at radius 1 is 1.23 bits per heavy atom. The fourth-order valence-electron chi connectivity index (χ4n) is 5.16. The van der Waals surface area contributed by atoms with Crippen molar-refractivity contribution in [1.29, 1.82) is 0 Å². The lowest BCUT2D eigenvalue weighted by Crippen LogP contribution is -2.48. The van der Waals surface area contributed by atoms with Crippen LogP contribution in [0.1, 0.15) is 32.1 Å². The van der Waals surface area contributed by atoms with Gasteiger partial charge < -0.3 is 10.6 Å². The summed E-state index contributed by atoms with van der Waals surface area (Å²) in [5, 5.41) is 8.46. The Kier molecular flexibility index (Phi) is 4.80. The summed E-state index contributed by atoms with van der Waals surface area (Å²) in [7, 11) is 1.76. The van der Waals surface area contributed by atoms with Crippen molar-refractivity contribution in [2.75, 3.05) is 18.0 Å². The van der Waals surface area contributed by atoms with Gasteiger partial charge in [-0.25, -0.2) is 0 Å². The zero-order chi connectivity index (χ0) is 21.0. The van der Waals surface area contributed by atoms with Crippen molar-refractivity contribution in [3.8, 4) is 11.3 Å². The van der Waals surface area contributed by atoms with Crippen LogP contribution in [0.3, 0.4) is 0 Å². The lowest BCUT2D eigenvalue weighted by Gasteiger charge is -2.42. The molecule has 9 heteroatoms. The number of nitrogens with zero attached hydrogens (tertiary/aromatic N) is 4. The number of aromatic nitrogens is 4. The van der Waals surface area contributed by atoms with Crippen molar-refractivity contribution >= 4 is 40.2 Å². The van der Waals surface area contributed by atoms with Crippen LogP contribution in [0.15, 0.2) is 23.0 Å². The number of hydrogen-bond donors (Lipinski definition) is 2. The van der Waals surface area contributed by atoms with Crippen LogP contribution in [0.5, 0.6) is 0 Å². The first-order chi connectivity index (χ1) is 14.4. The summed E-state index contributed by atoms with van der Waals surface area (Å²) in [4.78, 5) is 20.2. The molecule has 1 atom stereocenters. The monoisotopic (exact) mass is 446 g/mol. The van der Waals surface area contributed by atoms with Crippen molar-refractivity contribution in [2.45, 2.75) is 38.1 Å². The molecule has 158 valence electrons. The first-order valence-electron chi connectivity index (χ1n) is 10.3. The molecule has 3 aromatic rings. The number of halogens is 2. The van der Waals surface area contributed by atoms with Gasteiger partial charge in [0.15, 0.2) is 5.65 Å². The van der Waals surface area contributed by atoms with Gasteiger partial charge in [0.05, 0.1) is 15.7 Å². The van der Waals surface area contributed by atoms with Crippen LogP contribution in [0.4, 0.5) is 5.95 Å². The molecule has 2 aromatic heterocycles. The maximum absolute atomic E-state index is 13.3. The standard InChI is InChI=1S/C21H24Cl2N6O/c1-28-19(30)15-17(12-4-2-5-13(22)16(12)23)26-27-18(15)25-20(28)29-10-8-21(9-11-29)7-3-6-14(21)24/h2,4-5,14H,3,6-11,24H2,1H3,(H,26,27). The number of H-pyrrole nitrogens is 1. The number of nitrogens with two attached hydrogens (primary N) is 1. The molecule has 0 amide bonds. The molecule has 2 aliphatic rings. The number of nitrogens with one attached hydrogen (secondary N) is 1. The van der Waals surface area contributed by atoms with E-state index in [-0.39, 0.29) is 17.0 Å². The molecule has 7 nitrogen and oxygen atoms in total. The first kappa shape index (κ1) is 19.8. The number of anilines is 1. The molecule has 1 unspecified atom stereocenters. The topological polar surface area (TPSA) is 92.8 Å². The Morgan fingerprint density at radius 2 is 2.00 bits per heavy atom.